The van der Waals surface area contributed by atoms with E-state index in [-0.39, 0.29) is 0 Å². The molecule has 0 radical (unpaired) electrons. The van der Waals surface area contributed by atoms with Gasteiger partial charge in [-0.25, -0.2) is 8.42 Å². The van der Waals surface area contributed by atoms with Crippen LogP contribution in [0.2, 0.25) is 0 Å². The predicted octanol–water partition coefficient (Wildman–Crippen LogP) is 3.69. The molecule has 3 aromatic rings. The van der Waals surface area contributed by atoms with E-state index in [1.807, 2.05) is 30.3 Å². The molecule has 0 heterocycles. The summed E-state index contributed by atoms with van der Waals surface area (Å²) < 4.78 is 41.9. The number of carbonyl (C=O) groups is 1. The number of amides is 1. The van der Waals surface area contributed by atoms with E-state index in [0.717, 1.165) is 16.1 Å². The monoisotopic (exact) mass is 470 g/mol. The number of nitrogens with one attached hydrogen (secondary N) is 1. The maximum absolute atomic E-state index is 12.6. The van der Waals surface area contributed by atoms with Crippen LogP contribution in [0.4, 0.5) is 11.4 Å². The Morgan fingerprint density at radius 2 is 1.58 bits per heavy atom. The molecule has 9 heteroatoms. The van der Waals surface area contributed by atoms with Gasteiger partial charge >= 0.3 is 0 Å². The number of nitrogens with zero attached hydrogens (tertiary/aromatic N) is 1. The molecule has 1 amide bonds. The quantitative estimate of drug-likeness (QED) is 0.486. The molecule has 0 saturated heterocycles. The lowest BCUT2D eigenvalue weighted by Crippen LogP contribution is -2.37. The lowest BCUT2D eigenvalue weighted by atomic mass is 10.2. The number of sulfonamides is 1. The molecular formula is C24H26N2O6S. The van der Waals surface area contributed by atoms with Crippen LogP contribution in [0.1, 0.15) is 5.56 Å². The average molecular weight is 471 g/mol. The van der Waals surface area contributed by atoms with E-state index in [0.29, 0.717) is 35.2 Å². The molecule has 0 unspecified atom stereocenters. The van der Waals surface area contributed by atoms with E-state index >= 15 is 0 Å². The highest BCUT2D eigenvalue weighted by atomic mass is 32.2. The fourth-order valence-electron chi connectivity index (χ4n) is 3.09. The topological polar surface area (TPSA) is 94.2 Å². The molecule has 0 atom stereocenters. The Hall–Kier alpha value is -3.72. The fraction of sp³-hybridized carbons (Fsp3) is 0.208. The molecular weight excluding hydrogens is 444 g/mol. The molecule has 0 aromatic heterocycles. The van der Waals surface area contributed by atoms with Crippen molar-refractivity contribution in [3.05, 3.63) is 78.4 Å². The minimum absolute atomic E-state index is 0.354. The summed E-state index contributed by atoms with van der Waals surface area (Å²) in [6.07, 6.45) is 1.05. The Morgan fingerprint density at radius 3 is 2.18 bits per heavy atom. The highest BCUT2D eigenvalue weighted by Gasteiger charge is 2.21. The van der Waals surface area contributed by atoms with Crippen molar-refractivity contribution in [2.75, 3.05) is 36.6 Å². The van der Waals surface area contributed by atoms with Crippen molar-refractivity contribution in [2.45, 2.75) is 6.61 Å². The first-order valence-corrected chi connectivity index (χ1v) is 11.9. The van der Waals surface area contributed by atoms with Crippen LogP contribution in [0.3, 0.4) is 0 Å². The van der Waals surface area contributed by atoms with E-state index in [1.54, 1.807) is 42.5 Å². The van der Waals surface area contributed by atoms with Gasteiger partial charge in [-0.3, -0.25) is 9.10 Å². The zero-order valence-corrected chi connectivity index (χ0v) is 19.5. The van der Waals surface area contributed by atoms with Crippen LogP contribution in [0.5, 0.6) is 17.2 Å². The van der Waals surface area contributed by atoms with Crippen LogP contribution in [-0.4, -0.2) is 41.3 Å². The van der Waals surface area contributed by atoms with E-state index < -0.39 is 22.5 Å². The molecule has 174 valence electrons. The number of anilines is 2. The minimum atomic E-state index is -3.71. The molecule has 0 spiro atoms. The summed E-state index contributed by atoms with van der Waals surface area (Å²) in [5, 5.41) is 2.68. The summed E-state index contributed by atoms with van der Waals surface area (Å²) >= 11 is 0. The molecule has 0 aliphatic rings. The molecule has 0 saturated carbocycles. The van der Waals surface area contributed by atoms with Gasteiger partial charge < -0.3 is 19.5 Å². The van der Waals surface area contributed by atoms with Crippen LogP contribution in [-0.2, 0) is 21.4 Å². The van der Waals surface area contributed by atoms with Crippen LogP contribution < -0.4 is 23.8 Å². The number of methoxy groups -OCH3 is 2. The van der Waals surface area contributed by atoms with Crippen molar-refractivity contribution in [1.82, 2.24) is 0 Å². The van der Waals surface area contributed by atoms with Gasteiger partial charge in [-0.1, -0.05) is 30.3 Å². The molecule has 0 bridgehead atoms. The molecule has 0 aliphatic carbocycles. The highest BCUT2D eigenvalue weighted by Crippen LogP contribution is 2.30. The van der Waals surface area contributed by atoms with Gasteiger partial charge in [0.05, 0.1) is 26.2 Å². The predicted molar refractivity (Wildman–Crippen MR) is 128 cm³/mol. The van der Waals surface area contributed by atoms with Gasteiger partial charge in [-0.05, 0) is 42.0 Å². The van der Waals surface area contributed by atoms with Gasteiger partial charge in [0.1, 0.15) is 18.9 Å². The number of hydrogen-bond donors (Lipinski definition) is 1. The van der Waals surface area contributed by atoms with Crippen molar-refractivity contribution in [3.8, 4) is 17.2 Å². The largest absolute Gasteiger partial charge is 0.493 e. The Bertz CT molecular complexity index is 1180. The van der Waals surface area contributed by atoms with Crippen LogP contribution in [0.25, 0.3) is 0 Å². The number of ether oxygens (including phenoxy) is 3. The Kier molecular flexibility index (Phi) is 7.78. The van der Waals surface area contributed by atoms with Crippen LogP contribution in [0.15, 0.2) is 72.8 Å². The molecule has 0 aliphatic heterocycles. The summed E-state index contributed by atoms with van der Waals surface area (Å²) in [5.41, 5.74) is 1.83. The Morgan fingerprint density at radius 1 is 0.909 bits per heavy atom. The van der Waals surface area contributed by atoms with E-state index in [1.165, 1.54) is 14.2 Å². The number of hydrogen-bond acceptors (Lipinski definition) is 6. The normalized spacial score (nSPS) is 10.9. The third-order valence-electron chi connectivity index (χ3n) is 4.73. The molecule has 3 rings (SSSR count). The molecule has 33 heavy (non-hydrogen) atoms. The van der Waals surface area contributed by atoms with Gasteiger partial charge in [0.2, 0.25) is 15.9 Å². The van der Waals surface area contributed by atoms with Gasteiger partial charge in [0, 0.05) is 11.8 Å². The second-order valence-corrected chi connectivity index (χ2v) is 9.06. The zero-order chi connectivity index (χ0) is 23.8. The Balaban J connectivity index is 1.69. The first-order chi connectivity index (χ1) is 15.8. The number of benzene rings is 3. The van der Waals surface area contributed by atoms with E-state index in [9.17, 15) is 13.2 Å². The second kappa shape index (κ2) is 10.7. The maximum Gasteiger partial charge on any atom is 0.245 e. The van der Waals surface area contributed by atoms with E-state index in [2.05, 4.69) is 5.32 Å². The van der Waals surface area contributed by atoms with Crippen molar-refractivity contribution in [2.24, 2.45) is 0 Å². The summed E-state index contributed by atoms with van der Waals surface area (Å²) in [7, 11) is -0.710. The molecule has 8 nitrogen and oxygen atoms in total. The third kappa shape index (κ3) is 6.63. The van der Waals surface area contributed by atoms with Gasteiger partial charge in [-0.15, -0.1) is 0 Å². The lowest BCUT2D eigenvalue weighted by Gasteiger charge is -2.22. The second-order valence-electron chi connectivity index (χ2n) is 7.16. The molecule has 3 aromatic carbocycles. The smallest absolute Gasteiger partial charge is 0.245 e. The minimum Gasteiger partial charge on any atom is -0.493 e. The Labute approximate surface area is 193 Å². The standard InChI is InChI=1S/C24H26N2O6S/c1-30-22-14-9-19(15-23(22)31-2)25-24(27)16-26(33(3,28)29)20-10-12-21(13-11-20)32-17-18-7-5-4-6-8-18/h4-15H,16-17H2,1-3H3,(H,25,27). The first kappa shape index (κ1) is 23.9. The van der Waals surface area contributed by atoms with Crippen molar-refractivity contribution < 1.29 is 27.4 Å². The fourth-order valence-corrected chi connectivity index (χ4v) is 3.95. The van der Waals surface area contributed by atoms with Gasteiger partial charge in [0.15, 0.2) is 11.5 Å². The van der Waals surface area contributed by atoms with Crippen molar-refractivity contribution in [3.63, 3.8) is 0 Å². The van der Waals surface area contributed by atoms with E-state index in [4.69, 9.17) is 14.2 Å². The lowest BCUT2D eigenvalue weighted by molar-refractivity contribution is -0.114. The van der Waals surface area contributed by atoms with Crippen LogP contribution >= 0.6 is 0 Å². The summed E-state index contributed by atoms with van der Waals surface area (Å²) in [5.74, 6) is 1.05. The molecule has 1 N–H and O–H groups in total. The average Bonchev–Trinajstić information content (AvgIpc) is 2.81. The van der Waals surface area contributed by atoms with Gasteiger partial charge in [0.25, 0.3) is 0 Å². The maximum atomic E-state index is 12.6. The van der Waals surface area contributed by atoms with Crippen molar-refractivity contribution >= 4 is 27.3 Å². The SMILES string of the molecule is COc1ccc(NC(=O)CN(c2ccc(OCc3ccccc3)cc2)S(C)(=O)=O)cc1OC. The van der Waals surface area contributed by atoms with Crippen LogP contribution in [0, 0.1) is 0 Å². The molecule has 0 fully saturated rings. The summed E-state index contributed by atoms with van der Waals surface area (Å²) in [6, 6.07) is 21.1. The summed E-state index contributed by atoms with van der Waals surface area (Å²) in [6.45, 7) is 0.00110. The number of carbonyl (C=O) groups excluding carboxylic acids is 1. The van der Waals surface area contributed by atoms with Crippen molar-refractivity contribution in [1.29, 1.82) is 0 Å². The highest BCUT2D eigenvalue weighted by molar-refractivity contribution is 7.92. The summed E-state index contributed by atoms with van der Waals surface area (Å²) in [4.78, 5) is 12.6. The first-order valence-electron chi connectivity index (χ1n) is 10.1. The zero-order valence-electron chi connectivity index (χ0n) is 18.6. The third-order valence-corrected chi connectivity index (χ3v) is 5.87. The van der Waals surface area contributed by atoms with Gasteiger partial charge in [-0.2, -0.15) is 0 Å². The number of rotatable bonds is 10.